The fourth-order valence-corrected chi connectivity index (χ4v) is 1.90. The van der Waals surface area contributed by atoms with Gasteiger partial charge in [0.15, 0.2) is 0 Å². The highest BCUT2D eigenvalue weighted by Crippen LogP contribution is 2.30. The minimum absolute atomic E-state index is 0.168. The van der Waals surface area contributed by atoms with Crippen LogP contribution < -0.4 is 15.8 Å². The number of anilines is 1. The van der Waals surface area contributed by atoms with Crippen LogP contribution in [0.15, 0.2) is 30.6 Å². The molecule has 0 spiro atoms. The molecule has 1 heterocycles. The molecule has 6 heteroatoms. The number of methoxy groups -OCH3 is 1. The maximum absolute atomic E-state index is 11.2. The van der Waals surface area contributed by atoms with Crippen LogP contribution in [0.4, 0.5) is 5.69 Å². The quantitative estimate of drug-likeness (QED) is 0.881. The largest absolute Gasteiger partial charge is 0.495 e. The normalized spacial score (nSPS) is 10.2. The highest BCUT2D eigenvalue weighted by Gasteiger charge is 2.11. The molecule has 1 aromatic carbocycles. The molecule has 2 aromatic rings. The second-order valence-electron chi connectivity index (χ2n) is 4.15. The summed E-state index contributed by atoms with van der Waals surface area (Å²) in [6.07, 6.45) is 3.21. The van der Waals surface area contributed by atoms with Crippen molar-refractivity contribution >= 4 is 11.6 Å². The molecular weight excluding hydrogens is 256 g/mol. The topological polar surface area (TPSA) is 90.1 Å². The van der Waals surface area contributed by atoms with Gasteiger partial charge in [0, 0.05) is 31.4 Å². The van der Waals surface area contributed by atoms with Crippen LogP contribution in [-0.2, 0) is 11.3 Å². The summed E-state index contributed by atoms with van der Waals surface area (Å²) >= 11 is 0. The summed E-state index contributed by atoms with van der Waals surface area (Å²) in [6.45, 7) is 1.74. The number of ether oxygens (including phenoxy) is 1. The van der Waals surface area contributed by atoms with Crippen molar-refractivity contribution in [2.75, 3.05) is 12.4 Å². The molecule has 1 amide bonds. The van der Waals surface area contributed by atoms with Crippen LogP contribution >= 0.6 is 0 Å². The molecule has 0 aliphatic rings. The first-order valence-electron chi connectivity index (χ1n) is 6.11. The van der Waals surface area contributed by atoms with E-state index in [1.165, 1.54) is 6.92 Å². The molecule has 0 aliphatic carbocycles. The van der Waals surface area contributed by atoms with Gasteiger partial charge in [-0.3, -0.25) is 14.8 Å². The zero-order valence-corrected chi connectivity index (χ0v) is 11.4. The summed E-state index contributed by atoms with van der Waals surface area (Å²) in [5, 5.41) is 2.73. The van der Waals surface area contributed by atoms with E-state index in [-0.39, 0.29) is 5.91 Å². The number of nitrogens with one attached hydrogen (secondary N) is 1. The number of hydrogen-bond acceptors (Lipinski definition) is 5. The lowest BCUT2D eigenvalue weighted by Crippen LogP contribution is -2.08. The van der Waals surface area contributed by atoms with E-state index in [0.29, 0.717) is 29.4 Å². The number of rotatable bonds is 4. The Morgan fingerprint density at radius 3 is 2.75 bits per heavy atom. The van der Waals surface area contributed by atoms with E-state index < -0.39 is 0 Å². The second kappa shape index (κ2) is 6.12. The van der Waals surface area contributed by atoms with Gasteiger partial charge in [-0.15, -0.1) is 0 Å². The Kier molecular flexibility index (Phi) is 4.27. The van der Waals surface area contributed by atoms with Crippen LogP contribution in [0.5, 0.6) is 5.75 Å². The van der Waals surface area contributed by atoms with Crippen molar-refractivity contribution in [1.29, 1.82) is 0 Å². The molecule has 0 bridgehead atoms. The monoisotopic (exact) mass is 272 g/mol. The van der Waals surface area contributed by atoms with Gasteiger partial charge in [-0.1, -0.05) is 0 Å². The lowest BCUT2D eigenvalue weighted by molar-refractivity contribution is -0.114. The van der Waals surface area contributed by atoms with Crippen LogP contribution in [-0.4, -0.2) is 23.0 Å². The van der Waals surface area contributed by atoms with Crippen molar-refractivity contribution < 1.29 is 9.53 Å². The van der Waals surface area contributed by atoms with Crippen LogP contribution in [0.2, 0.25) is 0 Å². The summed E-state index contributed by atoms with van der Waals surface area (Å²) < 4.78 is 5.22. The molecule has 0 radical (unpaired) electrons. The van der Waals surface area contributed by atoms with Crippen LogP contribution in [0.1, 0.15) is 12.6 Å². The Morgan fingerprint density at radius 2 is 2.10 bits per heavy atom. The third kappa shape index (κ3) is 2.92. The molecule has 0 aliphatic heterocycles. The first kappa shape index (κ1) is 14.0. The standard InChI is InChI=1S/C14H16N4O2/c1-9(19)18-11-7-10(3-4-13(11)20-2)14-12(8-15)16-5-6-17-14/h3-7H,8,15H2,1-2H3,(H,18,19). The third-order valence-corrected chi connectivity index (χ3v) is 2.75. The minimum atomic E-state index is -0.168. The van der Waals surface area contributed by atoms with E-state index in [0.717, 1.165) is 5.56 Å². The molecule has 1 aromatic heterocycles. The van der Waals surface area contributed by atoms with Gasteiger partial charge in [0.1, 0.15) is 5.75 Å². The SMILES string of the molecule is COc1ccc(-c2nccnc2CN)cc1NC(C)=O. The number of carbonyl (C=O) groups is 1. The van der Waals surface area contributed by atoms with Crippen molar-refractivity contribution in [1.82, 2.24) is 9.97 Å². The zero-order chi connectivity index (χ0) is 14.5. The van der Waals surface area contributed by atoms with Crippen LogP contribution in [0, 0.1) is 0 Å². The van der Waals surface area contributed by atoms with E-state index in [1.807, 2.05) is 6.07 Å². The number of amides is 1. The van der Waals surface area contributed by atoms with Crippen molar-refractivity contribution in [3.8, 4) is 17.0 Å². The lowest BCUT2D eigenvalue weighted by Gasteiger charge is -2.12. The number of carbonyl (C=O) groups excluding carboxylic acids is 1. The van der Waals surface area contributed by atoms with E-state index in [1.54, 1.807) is 31.6 Å². The third-order valence-electron chi connectivity index (χ3n) is 2.75. The molecular formula is C14H16N4O2. The second-order valence-corrected chi connectivity index (χ2v) is 4.15. The van der Waals surface area contributed by atoms with Gasteiger partial charge in [0.05, 0.1) is 24.2 Å². The van der Waals surface area contributed by atoms with Gasteiger partial charge < -0.3 is 15.8 Å². The fraction of sp³-hybridized carbons (Fsp3) is 0.214. The van der Waals surface area contributed by atoms with Crippen LogP contribution in [0.3, 0.4) is 0 Å². The smallest absolute Gasteiger partial charge is 0.221 e. The van der Waals surface area contributed by atoms with Gasteiger partial charge in [-0.2, -0.15) is 0 Å². The Morgan fingerprint density at radius 1 is 1.35 bits per heavy atom. The highest BCUT2D eigenvalue weighted by atomic mass is 16.5. The molecule has 3 N–H and O–H groups in total. The number of benzene rings is 1. The number of nitrogens with zero attached hydrogens (tertiary/aromatic N) is 2. The van der Waals surface area contributed by atoms with Gasteiger partial charge in [0.25, 0.3) is 0 Å². The summed E-state index contributed by atoms with van der Waals surface area (Å²) in [5.74, 6) is 0.417. The molecule has 0 unspecified atom stereocenters. The summed E-state index contributed by atoms with van der Waals surface area (Å²) in [6, 6.07) is 5.42. The Labute approximate surface area is 117 Å². The maximum Gasteiger partial charge on any atom is 0.221 e. The summed E-state index contributed by atoms with van der Waals surface area (Å²) in [7, 11) is 1.55. The van der Waals surface area contributed by atoms with Gasteiger partial charge >= 0.3 is 0 Å². The van der Waals surface area contributed by atoms with E-state index in [4.69, 9.17) is 10.5 Å². The van der Waals surface area contributed by atoms with E-state index >= 15 is 0 Å². The predicted molar refractivity (Wildman–Crippen MR) is 76.2 cm³/mol. The molecule has 0 saturated carbocycles. The number of hydrogen-bond donors (Lipinski definition) is 2. The highest BCUT2D eigenvalue weighted by molar-refractivity contribution is 5.91. The van der Waals surface area contributed by atoms with Crippen molar-refractivity contribution in [3.63, 3.8) is 0 Å². The average molecular weight is 272 g/mol. The molecule has 0 atom stereocenters. The Balaban J connectivity index is 2.49. The molecule has 104 valence electrons. The van der Waals surface area contributed by atoms with E-state index in [9.17, 15) is 4.79 Å². The number of nitrogens with two attached hydrogens (primary N) is 1. The van der Waals surface area contributed by atoms with Crippen molar-refractivity contribution in [3.05, 3.63) is 36.3 Å². The molecule has 0 fully saturated rings. The van der Waals surface area contributed by atoms with Crippen molar-refractivity contribution in [2.45, 2.75) is 13.5 Å². The molecule has 20 heavy (non-hydrogen) atoms. The minimum Gasteiger partial charge on any atom is -0.495 e. The summed E-state index contributed by atoms with van der Waals surface area (Å²) in [4.78, 5) is 19.7. The van der Waals surface area contributed by atoms with Gasteiger partial charge in [-0.25, -0.2) is 0 Å². The molecule has 2 rings (SSSR count). The molecule has 6 nitrogen and oxygen atoms in total. The first-order valence-corrected chi connectivity index (χ1v) is 6.11. The Bertz CT molecular complexity index is 628. The van der Waals surface area contributed by atoms with Gasteiger partial charge in [-0.05, 0) is 18.2 Å². The van der Waals surface area contributed by atoms with E-state index in [2.05, 4.69) is 15.3 Å². The first-order chi connectivity index (χ1) is 9.65. The molecule has 0 saturated heterocycles. The lowest BCUT2D eigenvalue weighted by atomic mass is 10.1. The fourth-order valence-electron chi connectivity index (χ4n) is 1.90. The summed E-state index contributed by atoms with van der Waals surface area (Å²) in [5.41, 5.74) is 8.48. The zero-order valence-electron chi connectivity index (χ0n) is 11.4. The maximum atomic E-state index is 11.2. The van der Waals surface area contributed by atoms with Gasteiger partial charge in [0.2, 0.25) is 5.91 Å². The number of aromatic nitrogens is 2. The predicted octanol–water partition coefficient (Wildman–Crippen LogP) is 1.57. The Hall–Kier alpha value is -2.47. The van der Waals surface area contributed by atoms with Crippen molar-refractivity contribution in [2.24, 2.45) is 5.73 Å². The average Bonchev–Trinajstić information content (AvgIpc) is 2.46. The van der Waals surface area contributed by atoms with Crippen LogP contribution in [0.25, 0.3) is 11.3 Å².